The fraction of sp³-hybridized carbons (Fsp3) is 0.370. The molecule has 0 spiro atoms. The van der Waals surface area contributed by atoms with Crippen LogP contribution in [0.25, 0.3) is 5.57 Å². The van der Waals surface area contributed by atoms with Crippen LogP contribution >= 0.6 is 0 Å². The number of hydrazone groups is 1. The molecule has 1 aliphatic carbocycles. The van der Waals surface area contributed by atoms with Crippen molar-refractivity contribution in [1.29, 1.82) is 0 Å². The maximum Gasteiger partial charge on any atom is 0.0630 e. The molecular formula is C27H34N2. The van der Waals surface area contributed by atoms with Crippen LogP contribution in [-0.4, -0.2) is 6.21 Å². The standard InChI is InChI=1S/C27H34N2/c1-17(2)23-13-10-14-24(18(3)4)27(23)29-28-16-22-11-8-9-12-25(22)26-20(6)15-19(5)21(26)7/h8-18,21,29H,1-7H3/b28-16+. The SMILES string of the molecule is CC1=CC(C)=C(c2ccccc2/C=N/Nc2c(C(C)C)cccc2C(C)C)C1C. The molecule has 0 radical (unpaired) electrons. The summed E-state index contributed by atoms with van der Waals surface area (Å²) in [6.07, 6.45) is 4.27. The first-order valence-electron chi connectivity index (χ1n) is 10.7. The summed E-state index contributed by atoms with van der Waals surface area (Å²) in [7, 11) is 0. The molecule has 0 fully saturated rings. The Morgan fingerprint density at radius 3 is 2.07 bits per heavy atom. The second-order valence-electron chi connectivity index (χ2n) is 8.78. The van der Waals surface area contributed by atoms with Crippen LogP contribution in [-0.2, 0) is 0 Å². The van der Waals surface area contributed by atoms with Crippen molar-refractivity contribution in [2.24, 2.45) is 11.0 Å². The summed E-state index contributed by atoms with van der Waals surface area (Å²) in [6, 6.07) is 15.1. The van der Waals surface area contributed by atoms with E-state index in [1.54, 1.807) is 0 Å². The lowest BCUT2D eigenvalue weighted by Gasteiger charge is -2.19. The Bertz CT molecular complexity index is 948. The minimum atomic E-state index is 0.444. The lowest BCUT2D eigenvalue weighted by molar-refractivity contribution is 0.835. The lowest BCUT2D eigenvalue weighted by Crippen LogP contribution is -2.04. The first-order chi connectivity index (χ1) is 13.8. The van der Waals surface area contributed by atoms with Crippen LogP contribution in [0.2, 0.25) is 0 Å². The average Bonchev–Trinajstić information content (AvgIpc) is 2.93. The van der Waals surface area contributed by atoms with Gasteiger partial charge in [0.25, 0.3) is 0 Å². The summed E-state index contributed by atoms with van der Waals surface area (Å²) in [5.41, 5.74) is 13.8. The van der Waals surface area contributed by atoms with Crippen LogP contribution in [0.1, 0.15) is 82.6 Å². The zero-order valence-corrected chi connectivity index (χ0v) is 18.9. The third-order valence-electron chi connectivity index (χ3n) is 5.99. The van der Waals surface area contributed by atoms with E-state index in [1.807, 2.05) is 6.21 Å². The molecule has 2 heteroatoms. The molecule has 1 aliphatic rings. The van der Waals surface area contributed by atoms with Gasteiger partial charge in [0.2, 0.25) is 0 Å². The van der Waals surface area contributed by atoms with Gasteiger partial charge >= 0.3 is 0 Å². The third kappa shape index (κ3) is 4.37. The summed E-state index contributed by atoms with van der Waals surface area (Å²) in [5.74, 6) is 1.34. The number of anilines is 1. The summed E-state index contributed by atoms with van der Waals surface area (Å²) >= 11 is 0. The number of hydrogen-bond donors (Lipinski definition) is 1. The molecule has 3 rings (SSSR count). The van der Waals surface area contributed by atoms with Gasteiger partial charge < -0.3 is 0 Å². The van der Waals surface area contributed by atoms with Gasteiger partial charge in [0.05, 0.1) is 11.9 Å². The van der Waals surface area contributed by atoms with Crippen molar-refractivity contribution in [3.8, 4) is 0 Å². The van der Waals surface area contributed by atoms with Crippen molar-refractivity contribution in [1.82, 2.24) is 0 Å². The molecule has 1 unspecified atom stereocenters. The lowest BCUT2D eigenvalue weighted by atomic mass is 9.89. The van der Waals surface area contributed by atoms with Crippen LogP contribution < -0.4 is 5.43 Å². The van der Waals surface area contributed by atoms with Crippen LogP contribution in [0.4, 0.5) is 5.69 Å². The highest BCUT2D eigenvalue weighted by molar-refractivity contribution is 5.91. The number of para-hydroxylation sites is 1. The molecule has 0 aliphatic heterocycles. The summed E-state index contributed by atoms with van der Waals surface area (Å²) in [5, 5.41) is 4.68. The number of rotatable bonds is 6. The van der Waals surface area contributed by atoms with Gasteiger partial charge in [0.15, 0.2) is 0 Å². The predicted molar refractivity (Wildman–Crippen MR) is 128 cm³/mol. The van der Waals surface area contributed by atoms with Crippen molar-refractivity contribution in [3.63, 3.8) is 0 Å². The highest BCUT2D eigenvalue weighted by atomic mass is 15.3. The normalized spacial score (nSPS) is 17.0. The van der Waals surface area contributed by atoms with Crippen molar-refractivity contribution in [2.75, 3.05) is 5.43 Å². The Morgan fingerprint density at radius 2 is 1.52 bits per heavy atom. The van der Waals surface area contributed by atoms with Gasteiger partial charge in [-0.05, 0) is 53.5 Å². The summed E-state index contributed by atoms with van der Waals surface area (Å²) < 4.78 is 0. The van der Waals surface area contributed by atoms with Crippen LogP contribution in [0, 0.1) is 5.92 Å². The zero-order valence-electron chi connectivity index (χ0n) is 18.9. The van der Waals surface area contributed by atoms with Gasteiger partial charge in [-0.3, -0.25) is 5.43 Å². The van der Waals surface area contributed by atoms with Gasteiger partial charge in [-0.1, -0.05) is 88.7 Å². The van der Waals surface area contributed by atoms with E-state index in [0.717, 1.165) is 11.3 Å². The largest absolute Gasteiger partial charge is 0.278 e. The van der Waals surface area contributed by atoms with Gasteiger partial charge in [0, 0.05) is 11.5 Å². The smallest absolute Gasteiger partial charge is 0.0630 e. The molecule has 0 amide bonds. The van der Waals surface area contributed by atoms with Crippen LogP contribution in [0.5, 0.6) is 0 Å². The molecule has 1 N–H and O–H groups in total. The highest BCUT2D eigenvalue weighted by Gasteiger charge is 2.22. The van der Waals surface area contributed by atoms with Gasteiger partial charge in [0.1, 0.15) is 0 Å². The van der Waals surface area contributed by atoms with Gasteiger partial charge in [-0.25, -0.2) is 0 Å². The van der Waals surface area contributed by atoms with Crippen LogP contribution in [0.15, 0.2) is 64.8 Å². The Balaban J connectivity index is 1.94. The molecule has 2 aromatic rings. The number of nitrogens with one attached hydrogen (secondary N) is 1. The molecule has 0 aromatic heterocycles. The molecule has 0 saturated carbocycles. The molecule has 0 saturated heterocycles. The fourth-order valence-electron chi connectivity index (χ4n) is 4.26. The first-order valence-corrected chi connectivity index (χ1v) is 10.7. The summed E-state index contributed by atoms with van der Waals surface area (Å²) in [4.78, 5) is 0. The zero-order chi connectivity index (χ0) is 21.1. The van der Waals surface area contributed by atoms with Crippen molar-refractivity contribution < 1.29 is 0 Å². The number of benzene rings is 2. The topological polar surface area (TPSA) is 24.4 Å². The molecule has 29 heavy (non-hydrogen) atoms. The van der Waals surface area contributed by atoms with E-state index in [1.165, 1.54) is 33.4 Å². The van der Waals surface area contributed by atoms with Crippen LogP contribution in [0.3, 0.4) is 0 Å². The second-order valence-corrected chi connectivity index (χ2v) is 8.78. The Morgan fingerprint density at radius 1 is 0.897 bits per heavy atom. The first kappa shape index (κ1) is 21.1. The van der Waals surface area contributed by atoms with Crippen molar-refractivity contribution in [2.45, 2.75) is 60.3 Å². The molecule has 1 atom stereocenters. The molecule has 152 valence electrons. The molecular weight excluding hydrogens is 352 g/mol. The third-order valence-corrected chi connectivity index (χ3v) is 5.99. The van der Waals surface area contributed by atoms with E-state index in [0.29, 0.717) is 17.8 Å². The van der Waals surface area contributed by atoms with E-state index < -0.39 is 0 Å². The van der Waals surface area contributed by atoms with E-state index in [4.69, 9.17) is 0 Å². The van der Waals surface area contributed by atoms with Crippen molar-refractivity contribution >= 4 is 17.5 Å². The molecule has 0 bridgehead atoms. The minimum Gasteiger partial charge on any atom is -0.278 e. The van der Waals surface area contributed by atoms with Gasteiger partial charge in [-0.2, -0.15) is 5.10 Å². The van der Waals surface area contributed by atoms with Gasteiger partial charge in [-0.15, -0.1) is 0 Å². The van der Waals surface area contributed by atoms with E-state index >= 15 is 0 Å². The number of hydrogen-bond acceptors (Lipinski definition) is 2. The maximum atomic E-state index is 4.68. The Hall–Kier alpha value is -2.61. The quantitative estimate of drug-likeness (QED) is 0.398. The molecule has 2 nitrogen and oxygen atoms in total. The predicted octanol–water partition coefficient (Wildman–Crippen LogP) is 7.75. The van der Waals surface area contributed by atoms with E-state index in [2.05, 4.69) is 108 Å². The second kappa shape index (κ2) is 8.82. The van der Waals surface area contributed by atoms with E-state index in [-0.39, 0.29) is 0 Å². The minimum absolute atomic E-state index is 0.444. The fourth-order valence-corrected chi connectivity index (χ4v) is 4.26. The summed E-state index contributed by atoms with van der Waals surface area (Å²) in [6.45, 7) is 15.6. The van der Waals surface area contributed by atoms with E-state index in [9.17, 15) is 0 Å². The molecule has 0 heterocycles. The Labute approximate surface area is 176 Å². The number of allylic oxidation sites excluding steroid dienone is 4. The average molecular weight is 387 g/mol. The molecule has 2 aromatic carbocycles. The number of nitrogens with zero attached hydrogens (tertiary/aromatic N) is 1. The Kier molecular flexibility index (Phi) is 6.42. The van der Waals surface area contributed by atoms with Crippen molar-refractivity contribution in [3.05, 3.63) is 81.9 Å². The highest BCUT2D eigenvalue weighted by Crippen LogP contribution is 2.39. The monoisotopic (exact) mass is 386 g/mol. The maximum absolute atomic E-state index is 4.68.